The summed E-state index contributed by atoms with van der Waals surface area (Å²) in [6.45, 7) is 2.09. The molecule has 0 spiro atoms. The minimum absolute atomic E-state index is 0.166. The summed E-state index contributed by atoms with van der Waals surface area (Å²) in [6, 6.07) is 27.9. The summed E-state index contributed by atoms with van der Waals surface area (Å²) in [5.74, 6) is -4.19. The minimum atomic E-state index is -0.975. The van der Waals surface area contributed by atoms with Crippen LogP contribution in [-0.4, -0.2) is 25.5 Å². The number of rotatable bonds is 3. The largest absolute Gasteiger partial charge is 0.504 e. The third kappa shape index (κ3) is 3.53. The van der Waals surface area contributed by atoms with E-state index in [4.69, 9.17) is 0 Å². The molecule has 0 aliphatic heterocycles. The van der Waals surface area contributed by atoms with Crippen LogP contribution in [0.4, 0.5) is 0 Å². The van der Waals surface area contributed by atoms with Crippen molar-refractivity contribution in [3.8, 4) is 62.1 Å². The molecule has 5 aromatic rings. The van der Waals surface area contributed by atoms with Crippen LogP contribution in [0.5, 0.6) is 28.7 Å². The van der Waals surface area contributed by atoms with E-state index >= 15 is 0 Å². The van der Waals surface area contributed by atoms with Crippen LogP contribution in [0.25, 0.3) is 44.2 Å². The summed E-state index contributed by atoms with van der Waals surface area (Å²) in [4.78, 5) is 0. The van der Waals surface area contributed by atoms with Crippen molar-refractivity contribution in [2.45, 2.75) is 6.92 Å². The van der Waals surface area contributed by atoms with Crippen molar-refractivity contribution in [1.29, 1.82) is 0 Å². The molecule has 0 bridgehead atoms. The van der Waals surface area contributed by atoms with Gasteiger partial charge in [-0.3, -0.25) is 0 Å². The van der Waals surface area contributed by atoms with E-state index in [9.17, 15) is 25.5 Å². The quantitative estimate of drug-likeness (QED) is 0.156. The molecule has 0 saturated heterocycles. The Kier molecular flexibility index (Phi) is 5.02. The van der Waals surface area contributed by atoms with Crippen LogP contribution in [0, 0.1) is 6.92 Å². The second-order valence-corrected chi connectivity index (χ2v) is 8.34. The van der Waals surface area contributed by atoms with Gasteiger partial charge < -0.3 is 25.5 Å². The van der Waals surface area contributed by atoms with Crippen molar-refractivity contribution < 1.29 is 25.5 Å². The summed E-state index contributed by atoms with van der Waals surface area (Å²) in [6.07, 6.45) is 0. The van der Waals surface area contributed by atoms with Crippen LogP contribution in [0.2, 0.25) is 0 Å². The van der Waals surface area contributed by atoms with Gasteiger partial charge in [-0.15, -0.1) is 0 Å². The lowest BCUT2D eigenvalue weighted by Gasteiger charge is -2.13. The molecule has 0 radical (unpaired) electrons. The molecular formula is C29H22O5. The molecule has 34 heavy (non-hydrogen) atoms. The highest BCUT2D eigenvalue weighted by molar-refractivity contribution is 5.88. The highest BCUT2D eigenvalue weighted by atomic mass is 16.4. The van der Waals surface area contributed by atoms with Crippen molar-refractivity contribution >= 4 is 10.8 Å². The molecule has 5 nitrogen and oxygen atoms in total. The van der Waals surface area contributed by atoms with Gasteiger partial charge in [-0.25, -0.2) is 0 Å². The van der Waals surface area contributed by atoms with E-state index in [2.05, 4.69) is 55.5 Å². The zero-order valence-corrected chi connectivity index (χ0v) is 18.3. The SMILES string of the molecule is Cc1ccc2cc(-c3ccc(-c4ccc(-c5c(O)c(O)c(O)c(O)c5O)cc4)cc3)ccc2c1. The number of hydrogen-bond acceptors (Lipinski definition) is 5. The average Bonchev–Trinajstić information content (AvgIpc) is 2.86. The lowest BCUT2D eigenvalue weighted by Crippen LogP contribution is -1.85. The van der Waals surface area contributed by atoms with Crippen molar-refractivity contribution in [3.63, 3.8) is 0 Å². The molecule has 0 heterocycles. The zero-order valence-electron chi connectivity index (χ0n) is 18.3. The third-order valence-electron chi connectivity index (χ3n) is 6.09. The number of hydrogen-bond donors (Lipinski definition) is 5. The van der Waals surface area contributed by atoms with Crippen molar-refractivity contribution in [2.75, 3.05) is 0 Å². The Morgan fingerprint density at radius 2 is 0.765 bits per heavy atom. The first kappa shape index (κ1) is 21.2. The third-order valence-corrected chi connectivity index (χ3v) is 6.09. The van der Waals surface area contributed by atoms with E-state index < -0.39 is 28.7 Å². The van der Waals surface area contributed by atoms with Crippen molar-refractivity contribution in [1.82, 2.24) is 0 Å². The van der Waals surface area contributed by atoms with Crippen LogP contribution < -0.4 is 0 Å². The maximum Gasteiger partial charge on any atom is 0.208 e. The zero-order chi connectivity index (χ0) is 24.0. The van der Waals surface area contributed by atoms with E-state index in [1.807, 2.05) is 24.3 Å². The van der Waals surface area contributed by atoms with Gasteiger partial charge in [-0.1, -0.05) is 84.4 Å². The van der Waals surface area contributed by atoms with Gasteiger partial charge in [0, 0.05) is 0 Å². The Hall–Kier alpha value is -4.64. The fraction of sp³-hybridized carbons (Fsp3) is 0.0345. The highest BCUT2D eigenvalue weighted by Gasteiger charge is 2.24. The maximum absolute atomic E-state index is 10.2. The van der Waals surface area contributed by atoms with Crippen LogP contribution in [0.15, 0.2) is 84.9 Å². The molecule has 0 aliphatic carbocycles. The predicted octanol–water partition coefficient (Wildman–Crippen LogP) is 6.68. The molecule has 5 aromatic carbocycles. The first-order chi connectivity index (χ1) is 16.3. The second-order valence-electron chi connectivity index (χ2n) is 8.34. The summed E-state index contributed by atoms with van der Waals surface area (Å²) in [7, 11) is 0. The van der Waals surface area contributed by atoms with Crippen molar-refractivity contribution in [3.05, 3.63) is 90.5 Å². The number of aromatic hydroxyl groups is 5. The molecule has 0 fully saturated rings. The Morgan fingerprint density at radius 3 is 1.32 bits per heavy atom. The van der Waals surface area contributed by atoms with Gasteiger partial charge in [0.15, 0.2) is 11.5 Å². The first-order valence-electron chi connectivity index (χ1n) is 10.7. The standard InChI is InChI=1S/C29H22O5/c1-16-2-3-23-15-22(13-12-21(23)14-16)19-6-4-17(5-7-19)18-8-10-20(11-9-18)24-25(30)27(32)29(34)28(33)26(24)31/h2-15,30-34H,1H3. The molecule has 0 unspecified atom stereocenters. The highest BCUT2D eigenvalue weighted by Crippen LogP contribution is 2.54. The predicted molar refractivity (Wildman–Crippen MR) is 133 cm³/mol. The summed E-state index contributed by atoms with van der Waals surface area (Å²) >= 11 is 0. The number of phenolic OH excluding ortho intramolecular Hbond substituents is 5. The smallest absolute Gasteiger partial charge is 0.208 e. The van der Waals surface area contributed by atoms with Gasteiger partial charge in [0.1, 0.15) is 0 Å². The van der Waals surface area contributed by atoms with Gasteiger partial charge in [-0.05, 0) is 51.6 Å². The molecule has 0 aliphatic rings. The topological polar surface area (TPSA) is 101 Å². The van der Waals surface area contributed by atoms with E-state index in [1.54, 1.807) is 12.1 Å². The number of fused-ring (bicyclic) bond motifs is 1. The van der Waals surface area contributed by atoms with Crippen LogP contribution in [-0.2, 0) is 0 Å². The van der Waals surface area contributed by atoms with E-state index in [0.717, 1.165) is 22.3 Å². The van der Waals surface area contributed by atoms with Crippen LogP contribution in [0.3, 0.4) is 0 Å². The van der Waals surface area contributed by atoms with Gasteiger partial charge in [0.25, 0.3) is 0 Å². The molecule has 5 N–H and O–H groups in total. The van der Waals surface area contributed by atoms with Crippen LogP contribution >= 0.6 is 0 Å². The number of benzene rings is 5. The van der Waals surface area contributed by atoms with Gasteiger partial charge in [0.05, 0.1) is 5.56 Å². The molecule has 0 aromatic heterocycles. The summed E-state index contributed by atoms with van der Waals surface area (Å²) in [5.41, 5.74) is 5.57. The fourth-order valence-electron chi connectivity index (χ4n) is 4.19. The van der Waals surface area contributed by atoms with E-state index in [0.29, 0.717) is 5.56 Å². The Balaban J connectivity index is 1.45. The Morgan fingerprint density at radius 1 is 0.382 bits per heavy atom. The molecule has 5 heteroatoms. The number of aryl methyl sites for hydroxylation is 1. The van der Waals surface area contributed by atoms with Gasteiger partial charge in [0.2, 0.25) is 17.2 Å². The lowest BCUT2D eigenvalue weighted by atomic mass is 9.96. The minimum Gasteiger partial charge on any atom is -0.504 e. The molecular weight excluding hydrogens is 428 g/mol. The maximum atomic E-state index is 10.2. The van der Waals surface area contributed by atoms with E-state index in [-0.39, 0.29) is 5.56 Å². The second kappa shape index (κ2) is 8.05. The first-order valence-corrected chi connectivity index (χ1v) is 10.7. The van der Waals surface area contributed by atoms with Gasteiger partial charge >= 0.3 is 0 Å². The molecule has 0 atom stereocenters. The van der Waals surface area contributed by atoms with Crippen molar-refractivity contribution in [2.24, 2.45) is 0 Å². The lowest BCUT2D eigenvalue weighted by molar-refractivity contribution is 0.330. The molecule has 5 rings (SSSR count). The Labute approximate surface area is 196 Å². The molecule has 0 saturated carbocycles. The Bertz CT molecular complexity index is 1510. The van der Waals surface area contributed by atoms with E-state index in [1.165, 1.54) is 16.3 Å². The normalized spacial score (nSPS) is 11.1. The monoisotopic (exact) mass is 450 g/mol. The number of phenols is 5. The summed E-state index contributed by atoms with van der Waals surface area (Å²) < 4.78 is 0. The van der Waals surface area contributed by atoms with Gasteiger partial charge in [-0.2, -0.15) is 0 Å². The average molecular weight is 450 g/mol. The van der Waals surface area contributed by atoms with Crippen LogP contribution in [0.1, 0.15) is 5.56 Å². The fourth-order valence-corrected chi connectivity index (χ4v) is 4.19. The molecule has 0 amide bonds. The molecule has 168 valence electrons. The summed E-state index contributed by atoms with van der Waals surface area (Å²) in [5, 5.41) is 51.9.